The van der Waals surface area contributed by atoms with E-state index in [0.29, 0.717) is 5.95 Å². The fourth-order valence-corrected chi connectivity index (χ4v) is 2.81. The van der Waals surface area contributed by atoms with Gasteiger partial charge in [0, 0.05) is 25.2 Å². The van der Waals surface area contributed by atoms with Crippen molar-refractivity contribution < 1.29 is 0 Å². The van der Waals surface area contributed by atoms with Crippen LogP contribution < -0.4 is 10.2 Å². The van der Waals surface area contributed by atoms with Crippen molar-refractivity contribution in [2.24, 2.45) is 0 Å². The molecule has 0 aliphatic rings. The van der Waals surface area contributed by atoms with Crippen molar-refractivity contribution >= 4 is 23.1 Å². The van der Waals surface area contributed by atoms with Crippen molar-refractivity contribution in [1.82, 2.24) is 15.0 Å². The van der Waals surface area contributed by atoms with Crippen LogP contribution in [-0.2, 0) is 0 Å². The van der Waals surface area contributed by atoms with Crippen molar-refractivity contribution in [2.75, 3.05) is 24.3 Å². The number of rotatable bonds is 4. The molecular formula is C13H19N5S. The summed E-state index contributed by atoms with van der Waals surface area (Å²) in [5.41, 5.74) is 1.09. The zero-order valence-corrected chi connectivity index (χ0v) is 12.7. The molecule has 102 valence electrons. The number of aryl methyl sites for hydroxylation is 2. The van der Waals surface area contributed by atoms with E-state index in [1.165, 1.54) is 4.88 Å². The molecule has 6 heteroatoms. The van der Waals surface area contributed by atoms with Gasteiger partial charge >= 0.3 is 0 Å². The molecule has 2 aromatic heterocycles. The Morgan fingerprint density at radius 1 is 1.26 bits per heavy atom. The minimum absolute atomic E-state index is 0.191. The highest BCUT2D eigenvalue weighted by atomic mass is 32.1. The summed E-state index contributed by atoms with van der Waals surface area (Å²) >= 11 is 1.72. The first kappa shape index (κ1) is 13.7. The van der Waals surface area contributed by atoms with E-state index in [0.717, 1.165) is 16.5 Å². The second kappa shape index (κ2) is 5.52. The topological polar surface area (TPSA) is 53.9 Å². The molecule has 2 heterocycles. The summed E-state index contributed by atoms with van der Waals surface area (Å²) in [6.45, 7) is 6.20. The van der Waals surface area contributed by atoms with Gasteiger partial charge in [0.1, 0.15) is 5.82 Å². The molecule has 1 N–H and O–H groups in total. The highest BCUT2D eigenvalue weighted by Gasteiger charge is 2.13. The monoisotopic (exact) mass is 277 g/mol. The van der Waals surface area contributed by atoms with Crippen LogP contribution in [0.4, 0.5) is 11.8 Å². The van der Waals surface area contributed by atoms with Crippen molar-refractivity contribution in [1.29, 1.82) is 0 Å². The number of aromatic nitrogens is 3. The van der Waals surface area contributed by atoms with Gasteiger partial charge in [-0.15, -0.1) is 11.3 Å². The van der Waals surface area contributed by atoms with Crippen LogP contribution in [0.15, 0.2) is 12.3 Å². The summed E-state index contributed by atoms with van der Waals surface area (Å²) in [7, 11) is 3.86. The molecular weight excluding hydrogens is 258 g/mol. The zero-order valence-electron chi connectivity index (χ0n) is 11.9. The van der Waals surface area contributed by atoms with E-state index in [-0.39, 0.29) is 6.04 Å². The molecule has 5 nitrogen and oxygen atoms in total. The summed E-state index contributed by atoms with van der Waals surface area (Å²) in [5.74, 6) is 1.53. The van der Waals surface area contributed by atoms with Gasteiger partial charge in [-0.3, -0.25) is 0 Å². The molecule has 0 saturated heterocycles. The van der Waals surface area contributed by atoms with Gasteiger partial charge in [0.25, 0.3) is 0 Å². The van der Waals surface area contributed by atoms with Crippen LogP contribution in [0.1, 0.15) is 28.5 Å². The number of anilines is 2. The second-order valence-corrected chi connectivity index (χ2v) is 5.92. The first-order chi connectivity index (χ1) is 8.97. The van der Waals surface area contributed by atoms with Crippen LogP contribution >= 0.6 is 11.3 Å². The van der Waals surface area contributed by atoms with E-state index in [9.17, 15) is 0 Å². The maximum atomic E-state index is 4.46. The molecule has 2 aromatic rings. The third-order valence-corrected chi connectivity index (χ3v) is 4.00. The lowest BCUT2D eigenvalue weighted by Gasteiger charge is -2.15. The Bertz CT molecular complexity index is 564. The molecule has 0 aromatic carbocycles. The number of nitrogens with one attached hydrogen (secondary N) is 1. The largest absolute Gasteiger partial charge is 0.362 e. The van der Waals surface area contributed by atoms with Crippen LogP contribution in [0, 0.1) is 13.8 Å². The maximum Gasteiger partial charge on any atom is 0.226 e. The Hall–Kier alpha value is -1.69. The normalized spacial score (nSPS) is 12.3. The van der Waals surface area contributed by atoms with E-state index in [4.69, 9.17) is 0 Å². The molecule has 0 aliphatic heterocycles. The molecule has 0 aliphatic carbocycles. The summed E-state index contributed by atoms with van der Waals surface area (Å²) in [6.07, 6.45) is 1.77. The Kier molecular flexibility index (Phi) is 3.99. The Morgan fingerprint density at radius 3 is 2.58 bits per heavy atom. The van der Waals surface area contributed by atoms with Crippen molar-refractivity contribution in [3.63, 3.8) is 0 Å². The predicted octanol–water partition coefficient (Wildman–Crippen LogP) is 2.79. The Morgan fingerprint density at radius 2 is 2.00 bits per heavy atom. The molecule has 0 saturated carbocycles. The average Bonchev–Trinajstić information content (AvgIpc) is 2.69. The second-order valence-electron chi connectivity index (χ2n) is 4.68. The van der Waals surface area contributed by atoms with Crippen LogP contribution in [0.3, 0.4) is 0 Å². The fraction of sp³-hybridized carbons (Fsp3) is 0.462. The Labute approximate surface area is 117 Å². The van der Waals surface area contributed by atoms with Gasteiger partial charge in [-0.2, -0.15) is 4.98 Å². The van der Waals surface area contributed by atoms with Crippen molar-refractivity contribution in [3.8, 4) is 0 Å². The average molecular weight is 277 g/mol. The first-order valence-corrected chi connectivity index (χ1v) is 7.00. The number of hydrogen-bond donors (Lipinski definition) is 1. The minimum atomic E-state index is 0.191. The van der Waals surface area contributed by atoms with E-state index in [2.05, 4.69) is 27.2 Å². The van der Waals surface area contributed by atoms with E-state index in [1.807, 2.05) is 38.9 Å². The lowest BCUT2D eigenvalue weighted by atomic mass is 10.2. The zero-order chi connectivity index (χ0) is 14.0. The highest BCUT2D eigenvalue weighted by molar-refractivity contribution is 7.11. The van der Waals surface area contributed by atoms with Gasteiger partial charge in [-0.25, -0.2) is 9.97 Å². The maximum absolute atomic E-state index is 4.46. The van der Waals surface area contributed by atoms with Crippen LogP contribution in [0.25, 0.3) is 0 Å². The lowest BCUT2D eigenvalue weighted by Crippen LogP contribution is -2.14. The molecule has 2 rings (SSSR count). The van der Waals surface area contributed by atoms with Gasteiger partial charge in [0.05, 0.1) is 16.7 Å². The van der Waals surface area contributed by atoms with E-state index >= 15 is 0 Å². The third-order valence-electron chi connectivity index (χ3n) is 2.74. The van der Waals surface area contributed by atoms with Crippen LogP contribution in [-0.4, -0.2) is 29.0 Å². The quantitative estimate of drug-likeness (QED) is 0.931. The molecule has 0 bridgehead atoms. The Balaban J connectivity index is 2.17. The van der Waals surface area contributed by atoms with Gasteiger partial charge < -0.3 is 10.2 Å². The molecule has 0 amide bonds. The van der Waals surface area contributed by atoms with Gasteiger partial charge in [0.15, 0.2) is 0 Å². The first-order valence-electron chi connectivity index (χ1n) is 6.18. The summed E-state index contributed by atoms with van der Waals surface area (Å²) in [4.78, 5) is 16.3. The molecule has 1 atom stereocenters. The third kappa shape index (κ3) is 3.20. The molecule has 0 spiro atoms. The number of hydrogen-bond acceptors (Lipinski definition) is 6. The van der Waals surface area contributed by atoms with Crippen LogP contribution in [0.2, 0.25) is 0 Å². The molecule has 19 heavy (non-hydrogen) atoms. The lowest BCUT2D eigenvalue weighted by molar-refractivity contribution is 0.873. The molecule has 0 radical (unpaired) electrons. The van der Waals surface area contributed by atoms with Crippen molar-refractivity contribution in [3.05, 3.63) is 27.8 Å². The van der Waals surface area contributed by atoms with Crippen LogP contribution in [0.5, 0.6) is 0 Å². The summed E-state index contributed by atoms with van der Waals surface area (Å²) in [5, 5.41) is 4.50. The molecule has 0 fully saturated rings. The summed E-state index contributed by atoms with van der Waals surface area (Å²) in [6, 6.07) is 2.07. The summed E-state index contributed by atoms with van der Waals surface area (Å²) < 4.78 is 0. The minimum Gasteiger partial charge on any atom is -0.362 e. The SMILES string of the molecule is Cc1nc(C)c(C(C)Nc2ccnc(N(C)C)n2)s1. The fourth-order valence-electron chi connectivity index (χ4n) is 1.88. The highest BCUT2D eigenvalue weighted by Crippen LogP contribution is 2.27. The van der Waals surface area contributed by atoms with Gasteiger partial charge in [-0.1, -0.05) is 0 Å². The van der Waals surface area contributed by atoms with Crippen molar-refractivity contribution in [2.45, 2.75) is 26.8 Å². The molecule has 1 unspecified atom stereocenters. The van der Waals surface area contributed by atoms with Gasteiger partial charge in [0.2, 0.25) is 5.95 Å². The predicted molar refractivity (Wildman–Crippen MR) is 80.0 cm³/mol. The number of nitrogens with zero attached hydrogens (tertiary/aromatic N) is 4. The number of thiazole rings is 1. The van der Waals surface area contributed by atoms with E-state index in [1.54, 1.807) is 17.5 Å². The van der Waals surface area contributed by atoms with E-state index < -0.39 is 0 Å². The standard InChI is InChI=1S/C13H19N5S/c1-8-12(19-10(3)15-8)9(2)16-11-6-7-14-13(17-11)18(4)5/h6-7,9H,1-5H3,(H,14,16,17). The smallest absolute Gasteiger partial charge is 0.226 e. The van der Waals surface area contributed by atoms with Gasteiger partial charge in [-0.05, 0) is 26.8 Å².